The second kappa shape index (κ2) is 7.69. The number of aromatic hydroxyl groups is 1. The van der Waals surface area contributed by atoms with Crippen molar-refractivity contribution >= 4 is 16.7 Å². The van der Waals surface area contributed by atoms with Crippen LogP contribution in [0.2, 0.25) is 0 Å². The number of carbonyl (C=O) groups is 1. The van der Waals surface area contributed by atoms with Crippen LogP contribution in [0.4, 0.5) is 0 Å². The molecule has 0 aliphatic heterocycles. The summed E-state index contributed by atoms with van der Waals surface area (Å²) in [5.74, 6) is -0.807. The molecule has 0 heterocycles. The van der Waals surface area contributed by atoms with Gasteiger partial charge in [0.25, 0.3) is 0 Å². The van der Waals surface area contributed by atoms with Crippen LogP contribution in [0.5, 0.6) is 11.5 Å². The third kappa shape index (κ3) is 3.70. The van der Waals surface area contributed by atoms with Gasteiger partial charge in [-0.1, -0.05) is 56.9 Å². The van der Waals surface area contributed by atoms with E-state index in [2.05, 4.69) is 6.92 Å². The second-order valence-electron chi connectivity index (χ2n) is 5.39. The molecule has 2 N–H and O–H groups in total. The van der Waals surface area contributed by atoms with E-state index in [-0.39, 0.29) is 11.3 Å². The molecule has 0 bridgehead atoms. The van der Waals surface area contributed by atoms with Gasteiger partial charge in [0, 0.05) is 10.8 Å². The molecule has 0 aromatic heterocycles. The first-order valence-corrected chi connectivity index (χ1v) is 7.76. The summed E-state index contributed by atoms with van der Waals surface area (Å²) in [6, 6.07) is 8.35. The smallest absolute Gasteiger partial charge is 0.336 e. The minimum atomic E-state index is -1.06. The van der Waals surface area contributed by atoms with Gasteiger partial charge in [-0.15, -0.1) is 0 Å². The number of phenols is 1. The van der Waals surface area contributed by atoms with Crippen molar-refractivity contribution in [2.24, 2.45) is 0 Å². The van der Waals surface area contributed by atoms with Crippen LogP contribution in [0.25, 0.3) is 10.8 Å². The number of fused-ring (bicyclic) bond motifs is 1. The van der Waals surface area contributed by atoms with Gasteiger partial charge in [-0.05, 0) is 12.5 Å². The number of rotatable bonds is 8. The number of benzene rings is 2. The number of phenolic OH excluding ortho intramolecular Hbond substituents is 1. The van der Waals surface area contributed by atoms with E-state index in [0.29, 0.717) is 23.1 Å². The van der Waals surface area contributed by atoms with Gasteiger partial charge < -0.3 is 14.9 Å². The van der Waals surface area contributed by atoms with Gasteiger partial charge in [0.05, 0.1) is 12.2 Å². The van der Waals surface area contributed by atoms with Crippen molar-refractivity contribution in [3.8, 4) is 11.5 Å². The molecule has 0 fully saturated rings. The monoisotopic (exact) mass is 302 g/mol. The molecule has 0 spiro atoms. The van der Waals surface area contributed by atoms with Crippen molar-refractivity contribution in [2.45, 2.75) is 39.0 Å². The zero-order valence-electron chi connectivity index (χ0n) is 12.8. The predicted octanol–water partition coefficient (Wildman–Crippen LogP) is 4.59. The quantitative estimate of drug-likeness (QED) is 0.700. The van der Waals surface area contributed by atoms with E-state index in [1.807, 2.05) is 6.07 Å². The maximum Gasteiger partial charge on any atom is 0.336 e. The molecule has 0 aliphatic carbocycles. The maximum absolute atomic E-state index is 11.3. The molecule has 2 rings (SSSR count). The summed E-state index contributed by atoms with van der Waals surface area (Å²) in [5, 5.41) is 20.5. The Labute approximate surface area is 130 Å². The van der Waals surface area contributed by atoms with Crippen LogP contribution in [-0.2, 0) is 0 Å². The van der Waals surface area contributed by atoms with Gasteiger partial charge in [-0.25, -0.2) is 4.79 Å². The molecule has 2 aromatic carbocycles. The van der Waals surface area contributed by atoms with Crippen molar-refractivity contribution in [3.63, 3.8) is 0 Å². The van der Waals surface area contributed by atoms with Crippen molar-refractivity contribution in [2.75, 3.05) is 6.61 Å². The fourth-order valence-corrected chi connectivity index (χ4v) is 2.54. The highest BCUT2D eigenvalue weighted by molar-refractivity contribution is 6.06. The number of carboxylic acids is 1. The Bertz CT molecular complexity index is 649. The van der Waals surface area contributed by atoms with E-state index in [1.54, 1.807) is 18.2 Å². The lowest BCUT2D eigenvalue weighted by atomic mass is 10.0. The van der Waals surface area contributed by atoms with Crippen LogP contribution in [0.1, 0.15) is 49.4 Å². The van der Waals surface area contributed by atoms with Gasteiger partial charge in [0.1, 0.15) is 0 Å². The lowest BCUT2D eigenvalue weighted by molar-refractivity contribution is 0.0698. The van der Waals surface area contributed by atoms with E-state index in [9.17, 15) is 15.0 Å². The van der Waals surface area contributed by atoms with E-state index in [1.165, 1.54) is 25.3 Å². The molecule has 4 heteroatoms. The standard InChI is InChI=1S/C18H22O4/c1-2-3-4-5-8-11-22-17-14-10-7-6-9-13(14)15(18(20)21)12-16(17)19/h6-7,9-10,12,19H,2-5,8,11H2,1H3,(H,20,21). The van der Waals surface area contributed by atoms with Crippen LogP contribution < -0.4 is 4.74 Å². The lowest BCUT2D eigenvalue weighted by Crippen LogP contribution is -2.02. The van der Waals surface area contributed by atoms with E-state index in [0.717, 1.165) is 12.8 Å². The molecule has 118 valence electrons. The summed E-state index contributed by atoms with van der Waals surface area (Å²) >= 11 is 0. The van der Waals surface area contributed by atoms with Crippen molar-refractivity contribution in [3.05, 3.63) is 35.9 Å². The Balaban J connectivity index is 2.18. The molecule has 2 aromatic rings. The SMILES string of the molecule is CCCCCCCOc1c(O)cc(C(=O)O)c2ccccc12. The third-order valence-electron chi connectivity index (χ3n) is 3.70. The molecule has 0 saturated carbocycles. The summed E-state index contributed by atoms with van der Waals surface area (Å²) < 4.78 is 5.72. The van der Waals surface area contributed by atoms with Crippen LogP contribution in [0, 0.1) is 0 Å². The molecular formula is C18H22O4. The third-order valence-corrected chi connectivity index (χ3v) is 3.70. The first-order valence-electron chi connectivity index (χ1n) is 7.76. The predicted molar refractivity (Wildman–Crippen MR) is 86.8 cm³/mol. The number of unbranched alkanes of at least 4 members (excludes halogenated alkanes) is 4. The summed E-state index contributed by atoms with van der Waals surface area (Å²) in [4.78, 5) is 11.3. The lowest BCUT2D eigenvalue weighted by Gasteiger charge is -2.13. The normalized spacial score (nSPS) is 10.8. The summed E-state index contributed by atoms with van der Waals surface area (Å²) in [7, 11) is 0. The van der Waals surface area contributed by atoms with Gasteiger partial charge in [-0.2, -0.15) is 0 Å². The van der Waals surface area contributed by atoms with Crippen molar-refractivity contribution < 1.29 is 19.7 Å². The Kier molecular flexibility index (Phi) is 5.64. The molecular weight excluding hydrogens is 280 g/mol. The van der Waals surface area contributed by atoms with E-state index >= 15 is 0 Å². The number of hydrogen-bond acceptors (Lipinski definition) is 3. The molecule has 4 nitrogen and oxygen atoms in total. The average Bonchev–Trinajstić information content (AvgIpc) is 2.51. The maximum atomic E-state index is 11.3. The topological polar surface area (TPSA) is 66.8 Å². The van der Waals surface area contributed by atoms with Crippen molar-refractivity contribution in [1.82, 2.24) is 0 Å². The fraction of sp³-hybridized carbons (Fsp3) is 0.389. The molecule has 0 amide bonds. The molecule has 0 atom stereocenters. The summed E-state index contributed by atoms with van der Waals surface area (Å²) in [6.07, 6.45) is 5.63. The summed E-state index contributed by atoms with van der Waals surface area (Å²) in [6.45, 7) is 2.69. The van der Waals surface area contributed by atoms with Crippen LogP contribution in [0.3, 0.4) is 0 Å². The van der Waals surface area contributed by atoms with Gasteiger partial charge in [-0.3, -0.25) is 0 Å². The number of aromatic carboxylic acids is 1. The Hall–Kier alpha value is -2.23. The van der Waals surface area contributed by atoms with Crippen LogP contribution >= 0.6 is 0 Å². The molecule has 22 heavy (non-hydrogen) atoms. The van der Waals surface area contributed by atoms with Crippen molar-refractivity contribution in [1.29, 1.82) is 0 Å². The van der Waals surface area contributed by atoms with Gasteiger partial charge >= 0.3 is 5.97 Å². The van der Waals surface area contributed by atoms with Crippen LogP contribution in [0.15, 0.2) is 30.3 Å². The molecule has 0 unspecified atom stereocenters. The summed E-state index contributed by atoms with van der Waals surface area (Å²) in [5.41, 5.74) is 0.0865. The average molecular weight is 302 g/mol. The van der Waals surface area contributed by atoms with Crippen LogP contribution in [-0.4, -0.2) is 22.8 Å². The molecule has 0 aliphatic rings. The first-order chi connectivity index (χ1) is 10.6. The Morgan fingerprint density at radius 2 is 1.77 bits per heavy atom. The highest BCUT2D eigenvalue weighted by Crippen LogP contribution is 2.37. The highest BCUT2D eigenvalue weighted by Gasteiger charge is 2.16. The zero-order chi connectivity index (χ0) is 15.9. The van der Waals surface area contributed by atoms with E-state index < -0.39 is 5.97 Å². The van der Waals surface area contributed by atoms with Gasteiger partial charge in [0.2, 0.25) is 0 Å². The number of carboxylic acid groups (broad SMARTS) is 1. The first kappa shape index (κ1) is 16.1. The second-order valence-corrected chi connectivity index (χ2v) is 5.39. The van der Waals surface area contributed by atoms with E-state index in [4.69, 9.17) is 4.74 Å². The molecule has 0 saturated heterocycles. The Morgan fingerprint density at radius 1 is 1.09 bits per heavy atom. The minimum absolute atomic E-state index is 0.0865. The fourth-order valence-electron chi connectivity index (χ4n) is 2.54. The Morgan fingerprint density at radius 3 is 2.45 bits per heavy atom. The minimum Gasteiger partial charge on any atom is -0.504 e. The highest BCUT2D eigenvalue weighted by atomic mass is 16.5. The number of hydrogen-bond donors (Lipinski definition) is 2. The van der Waals surface area contributed by atoms with Gasteiger partial charge in [0.15, 0.2) is 11.5 Å². The number of ether oxygens (including phenoxy) is 1. The zero-order valence-corrected chi connectivity index (χ0v) is 12.8. The largest absolute Gasteiger partial charge is 0.504 e. The molecule has 0 radical (unpaired) electrons.